The second-order valence-electron chi connectivity index (χ2n) is 5.59. The van der Waals surface area contributed by atoms with Crippen molar-refractivity contribution in [3.05, 3.63) is 24.3 Å². The summed E-state index contributed by atoms with van der Waals surface area (Å²) in [6.45, 7) is 3.15. The van der Waals surface area contributed by atoms with Crippen LogP contribution < -0.4 is 10.2 Å². The highest BCUT2D eigenvalue weighted by molar-refractivity contribution is 5.91. The molecule has 1 N–H and O–H groups in total. The number of amides is 2. The number of carbonyl (C=O) groups excluding carboxylic acids is 2. The maximum Gasteiger partial charge on any atom is 0.226 e. The monoisotopic (exact) mass is 321 g/mol. The lowest BCUT2D eigenvalue weighted by Crippen LogP contribution is -2.33. The molecule has 0 unspecified atom stereocenters. The van der Waals surface area contributed by atoms with Crippen molar-refractivity contribution in [1.82, 2.24) is 4.90 Å². The van der Waals surface area contributed by atoms with E-state index in [1.165, 1.54) is 6.92 Å². The molecule has 128 valence electrons. The van der Waals surface area contributed by atoms with Crippen LogP contribution in [0.25, 0.3) is 0 Å². The first-order valence-electron chi connectivity index (χ1n) is 7.75. The highest BCUT2D eigenvalue weighted by Crippen LogP contribution is 2.15. The second kappa shape index (κ2) is 9.84. The molecule has 0 saturated heterocycles. The number of hydrogen-bond donors (Lipinski definition) is 1. The van der Waals surface area contributed by atoms with Gasteiger partial charge in [-0.15, -0.1) is 0 Å². The minimum Gasteiger partial charge on any atom is -0.385 e. The number of hydrogen-bond acceptors (Lipinski definition) is 4. The number of ether oxygens (including phenoxy) is 1. The highest BCUT2D eigenvalue weighted by atomic mass is 16.5. The van der Waals surface area contributed by atoms with Gasteiger partial charge in [0.25, 0.3) is 0 Å². The van der Waals surface area contributed by atoms with Gasteiger partial charge in [0, 0.05) is 65.6 Å². The van der Waals surface area contributed by atoms with Crippen LogP contribution >= 0.6 is 0 Å². The quantitative estimate of drug-likeness (QED) is 0.706. The van der Waals surface area contributed by atoms with Crippen molar-refractivity contribution in [2.45, 2.75) is 19.8 Å². The fourth-order valence-corrected chi connectivity index (χ4v) is 2.13. The molecule has 0 aromatic heterocycles. The standard InChI is InChI=1S/C17H27N3O3/c1-14(21)20(11-5-13-23-4)12-10-17(22)18-15-6-8-16(9-7-15)19(2)3/h6-9H,5,10-13H2,1-4H3,(H,18,22). The van der Waals surface area contributed by atoms with E-state index in [0.29, 0.717) is 19.7 Å². The van der Waals surface area contributed by atoms with Crippen molar-refractivity contribution in [2.24, 2.45) is 0 Å². The zero-order chi connectivity index (χ0) is 17.2. The molecule has 0 heterocycles. The van der Waals surface area contributed by atoms with Gasteiger partial charge in [0.1, 0.15) is 0 Å². The van der Waals surface area contributed by atoms with Gasteiger partial charge < -0.3 is 19.9 Å². The average Bonchev–Trinajstić information content (AvgIpc) is 2.50. The molecule has 1 aromatic carbocycles. The van der Waals surface area contributed by atoms with E-state index in [1.54, 1.807) is 12.0 Å². The highest BCUT2D eigenvalue weighted by Gasteiger charge is 2.11. The first-order valence-corrected chi connectivity index (χ1v) is 7.75. The Morgan fingerprint density at radius 3 is 2.30 bits per heavy atom. The summed E-state index contributed by atoms with van der Waals surface area (Å²) in [4.78, 5) is 27.2. The summed E-state index contributed by atoms with van der Waals surface area (Å²) in [5.41, 5.74) is 1.83. The fourth-order valence-electron chi connectivity index (χ4n) is 2.13. The topological polar surface area (TPSA) is 61.9 Å². The molecule has 23 heavy (non-hydrogen) atoms. The van der Waals surface area contributed by atoms with Crippen LogP contribution in [0.1, 0.15) is 19.8 Å². The van der Waals surface area contributed by atoms with Gasteiger partial charge in [-0.3, -0.25) is 9.59 Å². The number of anilines is 2. The summed E-state index contributed by atoms with van der Waals surface area (Å²) in [5, 5.41) is 2.85. The molecule has 0 radical (unpaired) electrons. The summed E-state index contributed by atoms with van der Waals surface area (Å²) < 4.78 is 4.98. The number of methoxy groups -OCH3 is 1. The molecule has 0 aliphatic rings. The number of nitrogens with one attached hydrogen (secondary N) is 1. The predicted molar refractivity (Wildman–Crippen MR) is 92.8 cm³/mol. The molecule has 2 amide bonds. The van der Waals surface area contributed by atoms with E-state index in [0.717, 1.165) is 17.8 Å². The maximum atomic E-state index is 12.0. The average molecular weight is 321 g/mol. The molecule has 0 saturated carbocycles. The van der Waals surface area contributed by atoms with Crippen LogP contribution in [0.15, 0.2) is 24.3 Å². The lowest BCUT2D eigenvalue weighted by atomic mass is 10.2. The van der Waals surface area contributed by atoms with E-state index >= 15 is 0 Å². The molecule has 0 aliphatic heterocycles. The Hall–Kier alpha value is -2.08. The first-order chi connectivity index (χ1) is 10.9. The van der Waals surface area contributed by atoms with E-state index in [4.69, 9.17) is 4.74 Å². The van der Waals surface area contributed by atoms with Gasteiger partial charge in [-0.1, -0.05) is 0 Å². The zero-order valence-corrected chi connectivity index (χ0v) is 14.5. The number of benzene rings is 1. The molecular weight excluding hydrogens is 294 g/mol. The Labute approximate surface area is 138 Å². The van der Waals surface area contributed by atoms with Crippen LogP contribution in [-0.2, 0) is 14.3 Å². The van der Waals surface area contributed by atoms with Crippen molar-refractivity contribution >= 4 is 23.2 Å². The normalized spacial score (nSPS) is 10.3. The van der Waals surface area contributed by atoms with E-state index in [1.807, 2.05) is 43.3 Å². The summed E-state index contributed by atoms with van der Waals surface area (Å²) in [7, 11) is 5.56. The van der Waals surface area contributed by atoms with Crippen molar-refractivity contribution in [2.75, 3.05) is 51.1 Å². The summed E-state index contributed by atoms with van der Waals surface area (Å²) >= 11 is 0. The van der Waals surface area contributed by atoms with Gasteiger partial charge in [-0.05, 0) is 30.7 Å². The Morgan fingerprint density at radius 1 is 1.13 bits per heavy atom. The molecule has 0 aliphatic carbocycles. The van der Waals surface area contributed by atoms with Crippen LogP contribution in [0.3, 0.4) is 0 Å². The lowest BCUT2D eigenvalue weighted by molar-refractivity contribution is -0.129. The zero-order valence-electron chi connectivity index (χ0n) is 14.5. The Balaban J connectivity index is 2.43. The van der Waals surface area contributed by atoms with Crippen molar-refractivity contribution < 1.29 is 14.3 Å². The third-order valence-electron chi connectivity index (χ3n) is 3.50. The van der Waals surface area contributed by atoms with E-state index in [-0.39, 0.29) is 18.2 Å². The minimum atomic E-state index is -0.0967. The van der Waals surface area contributed by atoms with E-state index in [9.17, 15) is 9.59 Å². The van der Waals surface area contributed by atoms with Gasteiger partial charge in [0.2, 0.25) is 11.8 Å². The third kappa shape index (κ3) is 7.15. The van der Waals surface area contributed by atoms with Crippen molar-refractivity contribution in [1.29, 1.82) is 0 Å². The maximum absolute atomic E-state index is 12.0. The fraction of sp³-hybridized carbons (Fsp3) is 0.529. The molecule has 1 rings (SSSR count). The molecule has 6 heteroatoms. The van der Waals surface area contributed by atoms with Crippen LogP contribution in [0.5, 0.6) is 0 Å². The lowest BCUT2D eigenvalue weighted by Gasteiger charge is -2.20. The molecule has 0 fully saturated rings. The molecule has 0 spiro atoms. The van der Waals surface area contributed by atoms with E-state index < -0.39 is 0 Å². The smallest absolute Gasteiger partial charge is 0.226 e. The first kappa shape index (κ1) is 19.0. The molecule has 0 atom stereocenters. The van der Waals surface area contributed by atoms with E-state index in [2.05, 4.69) is 5.32 Å². The van der Waals surface area contributed by atoms with Crippen LogP contribution in [0.4, 0.5) is 11.4 Å². The largest absolute Gasteiger partial charge is 0.385 e. The van der Waals surface area contributed by atoms with Gasteiger partial charge in [0.15, 0.2) is 0 Å². The van der Waals surface area contributed by atoms with Gasteiger partial charge >= 0.3 is 0 Å². The number of rotatable bonds is 9. The number of carbonyl (C=O) groups is 2. The second-order valence-corrected chi connectivity index (χ2v) is 5.59. The third-order valence-corrected chi connectivity index (χ3v) is 3.50. The Kier molecular flexibility index (Phi) is 8.11. The molecular formula is C17H27N3O3. The van der Waals surface area contributed by atoms with Gasteiger partial charge in [-0.2, -0.15) is 0 Å². The summed E-state index contributed by atoms with van der Waals surface area (Å²) in [6.07, 6.45) is 1.05. The Bertz CT molecular complexity index is 500. The Morgan fingerprint density at radius 2 is 1.78 bits per heavy atom. The molecule has 0 bridgehead atoms. The van der Waals surface area contributed by atoms with Crippen molar-refractivity contribution in [3.63, 3.8) is 0 Å². The van der Waals surface area contributed by atoms with Crippen molar-refractivity contribution in [3.8, 4) is 0 Å². The summed E-state index contributed by atoms with van der Waals surface area (Å²) in [5.74, 6) is -0.121. The SMILES string of the molecule is COCCCN(CCC(=O)Nc1ccc(N(C)C)cc1)C(C)=O. The van der Waals surface area contributed by atoms with Crippen LogP contribution in [-0.4, -0.2) is 57.6 Å². The summed E-state index contributed by atoms with van der Waals surface area (Å²) in [6, 6.07) is 7.63. The number of nitrogens with zero attached hydrogens (tertiary/aromatic N) is 2. The van der Waals surface area contributed by atoms with Gasteiger partial charge in [-0.25, -0.2) is 0 Å². The molecule has 1 aromatic rings. The van der Waals surface area contributed by atoms with Gasteiger partial charge in [0.05, 0.1) is 0 Å². The minimum absolute atomic E-state index is 0.0239. The predicted octanol–water partition coefficient (Wildman–Crippen LogP) is 1.97. The van der Waals surface area contributed by atoms with Crippen LogP contribution in [0, 0.1) is 0 Å². The molecule has 6 nitrogen and oxygen atoms in total. The van der Waals surface area contributed by atoms with Crippen LogP contribution in [0.2, 0.25) is 0 Å².